The summed E-state index contributed by atoms with van der Waals surface area (Å²) >= 11 is 0. The number of carbonyl (C=O) groups is 2. The number of hydrogen-bond acceptors (Lipinski definition) is 7. The molecular weight excluding hydrogens is 466 g/mol. The number of rotatable bonds is 8. The normalized spacial score (nSPS) is 11.8. The maximum atomic E-state index is 13.2. The van der Waals surface area contributed by atoms with E-state index in [4.69, 9.17) is 9.47 Å². The average molecular weight is 492 g/mol. The van der Waals surface area contributed by atoms with Gasteiger partial charge in [-0.1, -0.05) is 42.5 Å². The molecule has 0 saturated carbocycles. The number of aryl methyl sites for hydroxylation is 1. The van der Waals surface area contributed by atoms with Gasteiger partial charge >= 0.3 is 11.7 Å². The van der Waals surface area contributed by atoms with E-state index in [1.165, 1.54) is 29.6 Å². The number of hydrogen-bond donors (Lipinski definition) is 1. The van der Waals surface area contributed by atoms with Crippen LogP contribution in [0, 0.1) is 0 Å². The second-order valence-corrected chi connectivity index (χ2v) is 7.95. The Labute approximate surface area is 205 Å². The lowest BCUT2D eigenvalue weighted by atomic mass is 10.1. The van der Waals surface area contributed by atoms with Crippen LogP contribution >= 0.6 is 0 Å². The molecule has 0 fully saturated rings. The van der Waals surface area contributed by atoms with Crippen molar-refractivity contribution >= 4 is 28.7 Å². The maximum absolute atomic E-state index is 13.2. The van der Waals surface area contributed by atoms with Crippen LogP contribution in [0.3, 0.4) is 0 Å². The number of para-hydroxylation sites is 2. The van der Waals surface area contributed by atoms with Gasteiger partial charge in [0.1, 0.15) is 12.3 Å². The predicted molar refractivity (Wildman–Crippen MR) is 132 cm³/mol. The Bertz CT molecular complexity index is 1540. The number of benzene rings is 2. The Balaban J connectivity index is 1.61. The van der Waals surface area contributed by atoms with Crippen LogP contribution in [-0.2, 0) is 35.0 Å². The number of nitrogens with zero attached hydrogens (tertiary/aromatic N) is 4. The number of imidazole rings is 1. The molecule has 0 bridgehead atoms. The molecule has 4 rings (SSSR count). The first-order chi connectivity index (χ1) is 17.3. The minimum absolute atomic E-state index is 0.0721. The average Bonchev–Trinajstić information content (AvgIpc) is 3.30. The van der Waals surface area contributed by atoms with Gasteiger partial charge in [-0.15, -0.1) is 0 Å². The Hall–Kier alpha value is -4.67. The summed E-state index contributed by atoms with van der Waals surface area (Å²) in [6.45, 7) is 1.85. The minimum Gasteiger partial charge on any atom is -0.492 e. The number of carbonyl (C=O) groups excluding carboxylic acids is 2. The Kier molecular flexibility index (Phi) is 7.00. The van der Waals surface area contributed by atoms with Crippen LogP contribution in [0.4, 0.5) is 5.69 Å². The van der Waals surface area contributed by atoms with Crippen molar-refractivity contribution in [2.75, 3.05) is 11.9 Å². The van der Waals surface area contributed by atoms with E-state index in [-0.39, 0.29) is 11.2 Å². The molecule has 1 N–H and O–H groups in total. The molecule has 1 atom stereocenters. The van der Waals surface area contributed by atoms with Gasteiger partial charge in [-0.2, -0.15) is 0 Å². The highest BCUT2D eigenvalue weighted by Gasteiger charge is 2.27. The number of amides is 1. The molecule has 2 heterocycles. The Morgan fingerprint density at radius 1 is 1.00 bits per heavy atom. The standard InChI is InChI=1S/C25H25N5O6/c1-4-35-18-13-9-8-12-17(18)27-23(32)21(16-10-6-5-7-11-16)36-19(31)14-30-15-26-22-20(30)24(33)29(3)25(34)28(22)2/h5-13,15,21H,4,14H2,1-3H3,(H,27,32)/t21-/m0/s1. The lowest BCUT2D eigenvalue weighted by Crippen LogP contribution is -2.37. The zero-order valence-corrected chi connectivity index (χ0v) is 20.0. The lowest BCUT2D eigenvalue weighted by molar-refractivity contribution is -0.155. The number of esters is 1. The van der Waals surface area contributed by atoms with E-state index in [0.29, 0.717) is 23.6 Å². The van der Waals surface area contributed by atoms with Crippen molar-refractivity contribution < 1.29 is 19.1 Å². The second kappa shape index (κ2) is 10.3. The van der Waals surface area contributed by atoms with Crippen molar-refractivity contribution in [2.24, 2.45) is 14.1 Å². The summed E-state index contributed by atoms with van der Waals surface area (Å²) in [6.07, 6.45) is 0.0123. The summed E-state index contributed by atoms with van der Waals surface area (Å²) in [4.78, 5) is 55.1. The molecule has 0 aliphatic heterocycles. The van der Waals surface area contributed by atoms with E-state index < -0.39 is 35.8 Å². The molecule has 2 aromatic heterocycles. The summed E-state index contributed by atoms with van der Waals surface area (Å²) in [5.41, 5.74) is -0.0159. The van der Waals surface area contributed by atoms with Gasteiger partial charge in [0.2, 0.25) is 6.10 Å². The van der Waals surface area contributed by atoms with Crippen LogP contribution < -0.4 is 21.3 Å². The van der Waals surface area contributed by atoms with Crippen molar-refractivity contribution in [1.29, 1.82) is 0 Å². The van der Waals surface area contributed by atoms with Crippen molar-refractivity contribution in [3.8, 4) is 5.75 Å². The summed E-state index contributed by atoms with van der Waals surface area (Å²) in [7, 11) is 2.82. The summed E-state index contributed by atoms with van der Waals surface area (Å²) in [5.74, 6) is -0.861. The monoisotopic (exact) mass is 491 g/mol. The molecule has 11 heteroatoms. The van der Waals surface area contributed by atoms with E-state index in [0.717, 1.165) is 4.57 Å². The fourth-order valence-corrected chi connectivity index (χ4v) is 3.77. The molecule has 2 aromatic carbocycles. The number of nitrogens with one attached hydrogen (secondary N) is 1. The Morgan fingerprint density at radius 2 is 1.69 bits per heavy atom. The number of fused-ring (bicyclic) bond motifs is 1. The molecule has 0 unspecified atom stereocenters. The SMILES string of the molecule is CCOc1ccccc1NC(=O)[C@@H](OC(=O)Cn1cnc2c1c(=O)n(C)c(=O)n2C)c1ccccc1. The molecule has 1 amide bonds. The first-order valence-electron chi connectivity index (χ1n) is 11.2. The fraction of sp³-hybridized carbons (Fsp3) is 0.240. The van der Waals surface area contributed by atoms with Gasteiger partial charge in [-0.3, -0.25) is 23.5 Å². The molecule has 4 aromatic rings. The quantitative estimate of drug-likeness (QED) is 0.372. The van der Waals surface area contributed by atoms with Gasteiger partial charge < -0.3 is 19.4 Å². The highest BCUT2D eigenvalue weighted by molar-refractivity contribution is 5.97. The van der Waals surface area contributed by atoms with Crippen molar-refractivity contribution in [3.63, 3.8) is 0 Å². The molecule has 36 heavy (non-hydrogen) atoms. The van der Waals surface area contributed by atoms with Gasteiger partial charge in [-0.25, -0.2) is 9.78 Å². The highest BCUT2D eigenvalue weighted by Crippen LogP contribution is 2.27. The zero-order chi connectivity index (χ0) is 25.8. The molecular formula is C25H25N5O6. The molecule has 0 aliphatic rings. The predicted octanol–water partition coefficient (Wildman–Crippen LogP) is 1.76. The maximum Gasteiger partial charge on any atom is 0.332 e. The third-order valence-corrected chi connectivity index (χ3v) is 5.55. The van der Waals surface area contributed by atoms with Gasteiger partial charge in [0, 0.05) is 19.7 Å². The third-order valence-electron chi connectivity index (χ3n) is 5.55. The second-order valence-electron chi connectivity index (χ2n) is 7.95. The molecule has 11 nitrogen and oxygen atoms in total. The van der Waals surface area contributed by atoms with Crippen LogP contribution in [-0.4, -0.2) is 37.2 Å². The van der Waals surface area contributed by atoms with Gasteiger partial charge in [-0.05, 0) is 19.1 Å². The van der Waals surface area contributed by atoms with E-state index in [9.17, 15) is 19.2 Å². The van der Waals surface area contributed by atoms with E-state index >= 15 is 0 Å². The van der Waals surface area contributed by atoms with Crippen LogP contribution in [0.2, 0.25) is 0 Å². The fourth-order valence-electron chi connectivity index (χ4n) is 3.77. The van der Waals surface area contributed by atoms with Crippen molar-refractivity contribution in [3.05, 3.63) is 87.3 Å². The molecule has 0 saturated heterocycles. The van der Waals surface area contributed by atoms with Crippen molar-refractivity contribution in [2.45, 2.75) is 19.6 Å². The van der Waals surface area contributed by atoms with E-state index in [1.807, 2.05) is 6.92 Å². The van der Waals surface area contributed by atoms with E-state index in [1.54, 1.807) is 54.6 Å². The van der Waals surface area contributed by atoms with E-state index in [2.05, 4.69) is 10.3 Å². The summed E-state index contributed by atoms with van der Waals surface area (Å²) in [6, 6.07) is 15.5. The van der Waals surface area contributed by atoms with Crippen LogP contribution in [0.1, 0.15) is 18.6 Å². The molecule has 186 valence electrons. The Morgan fingerprint density at radius 3 is 2.42 bits per heavy atom. The largest absolute Gasteiger partial charge is 0.492 e. The van der Waals surface area contributed by atoms with Gasteiger partial charge in [0.15, 0.2) is 11.2 Å². The first kappa shape index (κ1) is 24.5. The molecule has 0 aliphatic carbocycles. The highest BCUT2D eigenvalue weighted by atomic mass is 16.5. The third kappa shape index (κ3) is 4.76. The molecule has 0 radical (unpaired) electrons. The summed E-state index contributed by atoms with van der Waals surface area (Å²) < 4.78 is 14.6. The van der Waals surface area contributed by atoms with Gasteiger partial charge in [0.05, 0.1) is 18.6 Å². The minimum atomic E-state index is -1.27. The summed E-state index contributed by atoms with van der Waals surface area (Å²) in [5, 5.41) is 2.77. The van der Waals surface area contributed by atoms with Crippen LogP contribution in [0.5, 0.6) is 5.75 Å². The number of aromatic nitrogens is 4. The first-order valence-corrected chi connectivity index (χ1v) is 11.2. The van der Waals surface area contributed by atoms with Crippen molar-refractivity contribution in [1.82, 2.24) is 18.7 Å². The number of ether oxygens (including phenoxy) is 2. The molecule has 0 spiro atoms. The number of anilines is 1. The lowest BCUT2D eigenvalue weighted by Gasteiger charge is -2.19. The van der Waals surface area contributed by atoms with Crippen LogP contribution in [0.15, 0.2) is 70.5 Å². The topological polar surface area (TPSA) is 126 Å². The van der Waals surface area contributed by atoms with Crippen LogP contribution in [0.25, 0.3) is 11.2 Å². The van der Waals surface area contributed by atoms with Gasteiger partial charge in [0.25, 0.3) is 11.5 Å². The zero-order valence-electron chi connectivity index (χ0n) is 20.0. The smallest absolute Gasteiger partial charge is 0.332 e.